The van der Waals surface area contributed by atoms with Gasteiger partial charge < -0.3 is 14.6 Å². The third-order valence-electron chi connectivity index (χ3n) is 4.48. The van der Waals surface area contributed by atoms with Gasteiger partial charge in [-0.25, -0.2) is 0 Å². The topological polar surface area (TPSA) is 122 Å². The summed E-state index contributed by atoms with van der Waals surface area (Å²) in [4.78, 5) is 26.3. The van der Waals surface area contributed by atoms with Gasteiger partial charge in [-0.1, -0.05) is 25.4 Å². The molecule has 8 nitrogen and oxygen atoms in total. The van der Waals surface area contributed by atoms with Gasteiger partial charge in [0, 0.05) is 12.0 Å². The molecule has 0 radical (unpaired) electrons. The zero-order valence-corrected chi connectivity index (χ0v) is 16.1. The molecule has 0 rings (SSSR count). The van der Waals surface area contributed by atoms with E-state index < -0.39 is 29.5 Å². The molecule has 0 aromatic rings. The summed E-state index contributed by atoms with van der Waals surface area (Å²) >= 11 is 0. The minimum Gasteiger partial charge on any atom is -0.481 e. The second-order valence-corrected chi connectivity index (χ2v) is 6.97. The molecule has 1 N–H and O–H groups in total. The van der Waals surface area contributed by atoms with Crippen LogP contribution in [0, 0.1) is 11.3 Å². The lowest BCUT2D eigenvalue weighted by molar-refractivity contribution is -0.171. The van der Waals surface area contributed by atoms with Crippen LogP contribution >= 0.6 is 0 Å². The molecule has 0 aliphatic carbocycles. The number of aliphatic carboxylic acids is 1. The average Bonchev–Trinajstić information content (AvgIpc) is 2.55. The van der Waals surface area contributed by atoms with Crippen LogP contribution in [0.3, 0.4) is 0 Å². The summed E-state index contributed by atoms with van der Waals surface area (Å²) in [6.45, 7) is 8.41. The Balaban J connectivity index is 5.21. The average molecular weight is 357 g/mol. The lowest BCUT2D eigenvalue weighted by Crippen LogP contribution is -2.45. The third-order valence-corrected chi connectivity index (χ3v) is 4.48. The Morgan fingerprint density at radius 3 is 2.28 bits per heavy atom. The Hall–Kier alpha value is -1.79. The molecule has 0 aromatic carbocycles. The van der Waals surface area contributed by atoms with Gasteiger partial charge in [0.15, 0.2) is 0 Å². The first-order valence-electron chi connectivity index (χ1n) is 8.62. The van der Waals surface area contributed by atoms with Crippen LogP contribution in [0.15, 0.2) is 5.11 Å². The van der Waals surface area contributed by atoms with Gasteiger partial charge in [-0.3, -0.25) is 9.59 Å². The number of hydrogen-bond donors (Lipinski definition) is 1. The summed E-state index contributed by atoms with van der Waals surface area (Å²) in [5, 5.41) is 12.8. The molecule has 0 saturated heterocycles. The lowest BCUT2D eigenvalue weighted by Gasteiger charge is -2.35. The second-order valence-electron chi connectivity index (χ2n) is 6.97. The van der Waals surface area contributed by atoms with Crippen molar-refractivity contribution in [2.75, 3.05) is 7.11 Å². The molecule has 0 heterocycles. The van der Waals surface area contributed by atoms with Crippen LogP contribution in [-0.2, 0) is 19.1 Å². The van der Waals surface area contributed by atoms with Gasteiger partial charge in [0.05, 0.1) is 11.5 Å². The zero-order valence-electron chi connectivity index (χ0n) is 16.1. The fourth-order valence-electron chi connectivity index (χ4n) is 2.75. The maximum absolute atomic E-state index is 12.1. The summed E-state index contributed by atoms with van der Waals surface area (Å²) < 4.78 is 10.9. The van der Waals surface area contributed by atoms with Crippen LogP contribution < -0.4 is 0 Å². The first-order chi connectivity index (χ1) is 11.6. The highest BCUT2D eigenvalue weighted by Crippen LogP contribution is 2.33. The Bertz CT molecular complexity index is 489. The standard InChI is InChI=1S/C17H31N3O5/c1-7-8-13(24-6)10-9-11(2)14(17(4,5)16(22)23)25-15(21)12(3)19-20-18/h11-14H,7-10H2,1-6H3,(H,22,23)/t11-,12+,13+,14+/m1/s1. The number of ether oxygens (including phenoxy) is 2. The normalized spacial score (nSPS) is 16.2. The first-order valence-corrected chi connectivity index (χ1v) is 8.62. The number of carboxylic acids is 1. The van der Waals surface area contributed by atoms with Crippen molar-refractivity contribution in [3.63, 3.8) is 0 Å². The minimum atomic E-state index is -1.27. The molecule has 144 valence electrons. The van der Waals surface area contributed by atoms with E-state index in [-0.39, 0.29) is 12.0 Å². The van der Waals surface area contributed by atoms with Gasteiger partial charge >= 0.3 is 11.9 Å². The van der Waals surface area contributed by atoms with E-state index in [2.05, 4.69) is 16.9 Å². The van der Waals surface area contributed by atoms with Crippen LogP contribution in [-0.4, -0.2) is 42.4 Å². The predicted molar refractivity (Wildman–Crippen MR) is 94.0 cm³/mol. The highest BCUT2D eigenvalue weighted by atomic mass is 16.5. The van der Waals surface area contributed by atoms with Gasteiger partial charge in [-0.05, 0) is 51.5 Å². The van der Waals surface area contributed by atoms with Crippen molar-refractivity contribution >= 4 is 11.9 Å². The number of esters is 1. The van der Waals surface area contributed by atoms with E-state index in [1.807, 2.05) is 6.92 Å². The maximum Gasteiger partial charge on any atom is 0.314 e. The minimum absolute atomic E-state index is 0.0962. The summed E-state index contributed by atoms with van der Waals surface area (Å²) in [6.07, 6.45) is 2.58. The van der Waals surface area contributed by atoms with E-state index >= 15 is 0 Å². The van der Waals surface area contributed by atoms with Crippen molar-refractivity contribution in [3.8, 4) is 0 Å². The molecule has 0 saturated carbocycles. The Labute approximate surface area is 149 Å². The summed E-state index contributed by atoms with van der Waals surface area (Å²) in [5.74, 6) is -1.96. The predicted octanol–water partition coefficient (Wildman–Crippen LogP) is 3.94. The number of rotatable bonds is 12. The number of methoxy groups -OCH3 is 1. The Morgan fingerprint density at radius 1 is 1.24 bits per heavy atom. The fourth-order valence-corrected chi connectivity index (χ4v) is 2.75. The lowest BCUT2D eigenvalue weighted by atomic mass is 9.78. The van der Waals surface area contributed by atoms with E-state index in [1.165, 1.54) is 20.8 Å². The van der Waals surface area contributed by atoms with Gasteiger partial charge in [0.2, 0.25) is 0 Å². The number of nitrogens with zero attached hydrogens (tertiary/aromatic N) is 3. The molecule has 8 heteroatoms. The van der Waals surface area contributed by atoms with Gasteiger partial charge in [0.1, 0.15) is 12.1 Å². The van der Waals surface area contributed by atoms with E-state index in [4.69, 9.17) is 15.0 Å². The van der Waals surface area contributed by atoms with Crippen molar-refractivity contribution in [1.29, 1.82) is 0 Å². The highest BCUT2D eigenvalue weighted by Gasteiger charge is 2.43. The number of carbonyl (C=O) groups excluding carboxylic acids is 1. The van der Waals surface area contributed by atoms with Crippen LogP contribution in [0.1, 0.15) is 60.3 Å². The van der Waals surface area contributed by atoms with E-state index in [9.17, 15) is 14.7 Å². The van der Waals surface area contributed by atoms with Crippen molar-refractivity contribution < 1.29 is 24.2 Å². The molecular formula is C17H31N3O5. The van der Waals surface area contributed by atoms with E-state index in [0.717, 1.165) is 19.3 Å². The van der Waals surface area contributed by atoms with Gasteiger partial charge in [-0.15, -0.1) is 0 Å². The molecule has 0 aliphatic rings. The van der Waals surface area contributed by atoms with Gasteiger partial charge in [0.25, 0.3) is 0 Å². The summed E-state index contributed by atoms with van der Waals surface area (Å²) in [6, 6.07) is -1.00. The summed E-state index contributed by atoms with van der Waals surface area (Å²) in [5.41, 5.74) is 7.18. The molecule has 0 bridgehead atoms. The van der Waals surface area contributed by atoms with Crippen LogP contribution in [0.2, 0.25) is 0 Å². The molecule has 0 aromatic heterocycles. The highest BCUT2D eigenvalue weighted by molar-refractivity contribution is 5.78. The maximum atomic E-state index is 12.1. The van der Waals surface area contributed by atoms with E-state index in [1.54, 1.807) is 7.11 Å². The van der Waals surface area contributed by atoms with Crippen molar-refractivity contribution in [1.82, 2.24) is 0 Å². The van der Waals surface area contributed by atoms with E-state index in [0.29, 0.717) is 6.42 Å². The number of hydrogen-bond acceptors (Lipinski definition) is 5. The summed E-state index contributed by atoms with van der Waals surface area (Å²) in [7, 11) is 1.66. The molecule has 0 unspecified atom stereocenters. The monoisotopic (exact) mass is 357 g/mol. The van der Waals surface area contributed by atoms with Gasteiger partial charge in [-0.2, -0.15) is 0 Å². The molecule has 4 atom stereocenters. The largest absolute Gasteiger partial charge is 0.481 e. The molecular weight excluding hydrogens is 326 g/mol. The third kappa shape index (κ3) is 7.32. The quantitative estimate of drug-likeness (QED) is 0.245. The van der Waals surface area contributed by atoms with Crippen molar-refractivity contribution in [2.24, 2.45) is 16.4 Å². The SMILES string of the molecule is CCC[C@@H](CC[C@@H](C)[C@H](OC(=O)[C@H](C)N=[N+]=[N-])C(C)(C)C(=O)O)OC. The Morgan fingerprint density at radius 2 is 1.84 bits per heavy atom. The molecule has 0 amide bonds. The van der Waals surface area contributed by atoms with Crippen LogP contribution in [0.4, 0.5) is 0 Å². The fraction of sp³-hybridized carbons (Fsp3) is 0.882. The first kappa shape index (κ1) is 23.2. The second kappa shape index (κ2) is 10.9. The Kier molecular flexibility index (Phi) is 10.2. The molecule has 0 fully saturated rings. The van der Waals surface area contributed by atoms with Crippen molar-refractivity contribution in [3.05, 3.63) is 10.4 Å². The number of carbonyl (C=O) groups is 2. The van der Waals surface area contributed by atoms with Crippen LogP contribution in [0.25, 0.3) is 10.4 Å². The molecule has 0 aliphatic heterocycles. The molecule has 25 heavy (non-hydrogen) atoms. The molecule has 0 spiro atoms. The van der Waals surface area contributed by atoms with Crippen LogP contribution in [0.5, 0.6) is 0 Å². The zero-order chi connectivity index (χ0) is 19.6. The number of azide groups is 1. The number of carboxylic acid groups (broad SMARTS) is 1. The van der Waals surface area contributed by atoms with Crippen molar-refractivity contribution in [2.45, 2.75) is 78.6 Å². The smallest absolute Gasteiger partial charge is 0.314 e.